The summed E-state index contributed by atoms with van der Waals surface area (Å²) in [6.07, 6.45) is 0. The summed E-state index contributed by atoms with van der Waals surface area (Å²) in [5.41, 5.74) is 0.680. The third-order valence-corrected chi connectivity index (χ3v) is 3.73. The van der Waals surface area contributed by atoms with Crippen LogP contribution in [0.4, 0.5) is 5.82 Å². The van der Waals surface area contributed by atoms with Crippen LogP contribution in [0, 0.1) is 0 Å². The Morgan fingerprint density at radius 1 is 1.40 bits per heavy atom. The van der Waals surface area contributed by atoms with Gasteiger partial charge in [-0.3, -0.25) is 4.21 Å². The Bertz CT molecular complexity index is 360. The van der Waals surface area contributed by atoms with Gasteiger partial charge in [0.2, 0.25) is 0 Å². The van der Waals surface area contributed by atoms with Crippen molar-refractivity contribution < 1.29 is 9.32 Å². The molecule has 2 heterocycles. The summed E-state index contributed by atoms with van der Waals surface area (Å²) in [6.45, 7) is 1.54. The molecule has 1 aromatic heterocycles. The van der Waals surface area contributed by atoms with Crippen molar-refractivity contribution in [3.8, 4) is 0 Å². The normalized spacial score (nSPS) is 18.1. The molecule has 0 aromatic carbocycles. The van der Waals surface area contributed by atoms with Crippen molar-refractivity contribution in [3.05, 3.63) is 23.9 Å². The third-order valence-electron chi connectivity index (χ3n) is 2.46. The fourth-order valence-electron chi connectivity index (χ4n) is 1.60. The van der Waals surface area contributed by atoms with Crippen LogP contribution in [0.15, 0.2) is 18.2 Å². The lowest BCUT2D eigenvalue weighted by Crippen LogP contribution is -2.38. The molecule has 1 aliphatic heterocycles. The summed E-state index contributed by atoms with van der Waals surface area (Å²) in [5.74, 6) is 2.30. The first-order valence-corrected chi connectivity index (χ1v) is 6.45. The first kappa shape index (κ1) is 10.6. The van der Waals surface area contributed by atoms with Gasteiger partial charge in [0.25, 0.3) is 0 Å². The highest BCUT2D eigenvalue weighted by atomic mass is 32.2. The average Bonchev–Trinajstić information content (AvgIpc) is 2.30. The summed E-state index contributed by atoms with van der Waals surface area (Å²) in [6, 6.07) is 5.61. The molecular formula is C10H14N2O2S. The van der Waals surface area contributed by atoms with E-state index in [1.807, 2.05) is 12.1 Å². The summed E-state index contributed by atoms with van der Waals surface area (Å²) < 4.78 is 11.2. The van der Waals surface area contributed by atoms with Crippen molar-refractivity contribution in [1.82, 2.24) is 4.98 Å². The van der Waals surface area contributed by atoms with Gasteiger partial charge in [-0.25, -0.2) is 4.98 Å². The summed E-state index contributed by atoms with van der Waals surface area (Å²) in [7, 11) is -0.661. The molecule has 0 radical (unpaired) electrons. The molecule has 1 saturated heterocycles. The zero-order valence-corrected chi connectivity index (χ0v) is 9.24. The van der Waals surface area contributed by atoms with E-state index in [1.165, 1.54) is 0 Å². The Morgan fingerprint density at radius 3 is 2.80 bits per heavy atom. The predicted octanol–water partition coefficient (Wildman–Crippen LogP) is 0.143. The van der Waals surface area contributed by atoms with Gasteiger partial charge in [0.05, 0.1) is 12.3 Å². The van der Waals surface area contributed by atoms with Gasteiger partial charge in [0.15, 0.2) is 0 Å². The molecule has 0 bridgehead atoms. The second kappa shape index (κ2) is 4.72. The monoisotopic (exact) mass is 226 g/mol. The van der Waals surface area contributed by atoms with Crippen LogP contribution in [0.3, 0.4) is 0 Å². The maximum atomic E-state index is 11.2. The van der Waals surface area contributed by atoms with E-state index in [0.29, 0.717) is 17.2 Å². The van der Waals surface area contributed by atoms with Crippen molar-refractivity contribution in [3.63, 3.8) is 0 Å². The lowest BCUT2D eigenvalue weighted by atomic mass is 10.3. The molecule has 1 fully saturated rings. The van der Waals surface area contributed by atoms with Crippen LogP contribution in [0.5, 0.6) is 0 Å². The molecule has 0 aliphatic carbocycles. The van der Waals surface area contributed by atoms with E-state index in [4.69, 9.17) is 5.11 Å². The molecule has 0 unspecified atom stereocenters. The summed E-state index contributed by atoms with van der Waals surface area (Å²) in [4.78, 5) is 6.43. The molecule has 1 aromatic rings. The number of rotatable bonds is 2. The van der Waals surface area contributed by atoms with E-state index in [-0.39, 0.29) is 6.61 Å². The van der Waals surface area contributed by atoms with Crippen molar-refractivity contribution in [2.45, 2.75) is 6.61 Å². The molecular weight excluding hydrogens is 212 g/mol. The standard InChI is InChI=1S/C10H14N2O2S/c13-8-9-2-1-3-10(11-9)12-4-6-15(14)7-5-12/h1-3,13H,4-8H2. The van der Waals surface area contributed by atoms with Crippen molar-refractivity contribution in [2.75, 3.05) is 29.5 Å². The van der Waals surface area contributed by atoms with E-state index in [9.17, 15) is 4.21 Å². The highest BCUT2D eigenvalue weighted by Crippen LogP contribution is 2.13. The fourth-order valence-corrected chi connectivity index (χ4v) is 2.65. The molecule has 0 spiro atoms. The van der Waals surface area contributed by atoms with E-state index in [2.05, 4.69) is 9.88 Å². The van der Waals surface area contributed by atoms with E-state index >= 15 is 0 Å². The molecule has 5 heteroatoms. The van der Waals surface area contributed by atoms with Gasteiger partial charge in [-0.15, -0.1) is 0 Å². The largest absolute Gasteiger partial charge is 0.390 e. The predicted molar refractivity (Wildman–Crippen MR) is 60.2 cm³/mol. The Hall–Kier alpha value is -0.940. The quantitative estimate of drug-likeness (QED) is 0.779. The number of nitrogens with zero attached hydrogens (tertiary/aromatic N) is 2. The number of pyridine rings is 1. The minimum Gasteiger partial charge on any atom is -0.390 e. The minimum absolute atomic E-state index is 0.0341. The first-order valence-electron chi connectivity index (χ1n) is 4.96. The Balaban J connectivity index is 2.11. The average molecular weight is 226 g/mol. The summed E-state index contributed by atoms with van der Waals surface area (Å²) >= 11 is 0. The molecule has 2 rings (SSSR count). The first-order chi connectivity index (χ1) is 7.29. The molecule has 1 N–H and O–H groups in total. The maximum absolute atomic E-state index is 11.2. The molecule has 82 valence electrons. The van der Waals surface area contributed by atoms with Gasteiger partial charge in [0.1, 0.15) is 5.82 Å². The molecule has 15 heavy (non-hydrogen) atoms. The van der Waals surface area contributed by atoms with Crippen LogP contribution >= 0.6 is 0 Å². The number of aromatic nitrogens is 1. The number of hydrogen-bond donors (Lipinski definition) is 1. The topological polar surface area (TPSA) is 53.4 Å². The molecule has 0 atom stereocenters. The Kier molecular flexibility index (Phi) is 3.33. The van der Waals surface area contributed by atoms with Crippen molar-refractivity contribution in [2.24, 2.45) is 0 Å². The number of anilines is 1. The van der Waals surface area contributed by atoms with E-state index in [0.717, 1.165) is 18.9 Å². The highest BCUT2D eigenvalue weighted by Gasteiger charge is 2.16. The lowest BCUT2D eigenvalue weighted by Gasteiger charge is -2.27. The number of aliphatic hydroxyl groups is 1. The molecule has 0 amide bonds. The molecule has 0 saturated carbocycles. The maximum Gasteiger partial charge on any atom is 0.128 e. The fraction of sp³-hybridized carbons (Fsp3) is 0.500. The number of aliphatic hydroxyl groups excluding tert-OH is 1. The molecule has 4 nitrogen and oxygen atoms in total. The summed E-state index contributed by atoms with van der Waals surface area (Å²) in [5, 5.41) is 8.97. The lowest BCUT2D eigenvalue weighted by molar-refractivity contribution is 0.277. The zero-order valence-electron chi connectivity index (χ0n) is 8.43. The van der Waals surface area contributed by atoms with Crippen molar-refractivity contribution in [1.29, 1.82) is 0 Å². The third kappa shape index (κ3) is 2.54. The second-order valence-corrected chi connectivity index (χ2v) is 5.18. The SMILES string of the molecule is O=S1CCN(c2cccc(CO)n2)CC1. The smallest absolute Gasteiger partial charge is 0.128 e. The van der Waals surface area contributed by atoms with Crippen LogP contribution in [0.25, 0.3) is 0 Å². The van der Waals surface area contributed by atoms with E-state index < -0.39 is 10.8 Å². The van der Waals surface area contributed by atoms with Crippen LogP contribution in [-0.4, -0.2) is 38.9 Å². The van der Waals surface area contributed by atoms with Crippen LogP contribution < -0.4 is 4.90 Å². The van der Waals surface area contributed by atoms with E-state index in [1.54, 1.807) is 6.07 Å². The van der Waals surface area contributed by atoms with Gasteiger partial charge >= 0.3 is 0 Å². The minimum atomic E-state index is -0.661. The Morgan fingerprint density at radius 2 is 2.13 bits per heavy atom. The van der Waals surface area contributed by atoms with Crippen LogP contribution in [-0.2, 0) is 17.4 Å². The van der Waals surface area contributed by atoms with Crippen LogP contribution in [0.1, 0.15) is 5.69 Å². The zero-order chi connectivity index (χ0) is 10.7. The Labute approximate surface area is 91.4 Å². The van der Waals surface area contributed by atoms with Gasteiger partial charge in [-0.1, -0.05) is 6.07 Å². The van der Waals surface area contributed by atoms with Crippen molar-refractivity contribution >= 4 is 16.6 Å². The van der Waals surface area contributed by atoms with Gasteiger partial charge in [0, 0.05) is 35.4 Å². The highest BCUT2D eigenvalue weighted by molar-refractivity contribution is 7.85. The van der Waals surface area contributed by atoms with Gasteiger partial charge < -0.3 is 10.0 Å². The number of hydrogen-bond acceptors (Lipinski definition) is 4. The van der Waals surface area contributed by atoms with Gasteiger partial charge in [-0.2, -0.15) is 0 Å². The molecule has 1 aliphatic rings. The van der Waals surface area contributed by atoms with Gasteiger partial charge in [-0.05, 0) is 12.1 Å². The van der Waals surface area contributed by atoms with Crippen LogP contribution in [0.2, 0.25) is 0 Å². The second-order valence-electron chi connectivity index (χ2n) is 3.48.